The van der Waals surface area contributed by atoms with Gasteiger partial charge in [-0.1, -0.05) is 44.7 Å². The number of aryl methyl sites for hydroxylation is 1. The fourth-order valence-electron chi connectivity index (χ4n) is 3.71. The second kappa shape index (κ2) is 10.4. The summed E-state index contributed by atoms with van der Waals surface area (Å²) in [5.74, 6) is -0.548. The SMILES string of the molecule is C=C(C)C(=O)OCC(C)(COc1ccc2cc(-c3ccccc3CC)c(=O)oc2c1)CC(F)(F)F. The van der Waals surface area contributed by atoms with Gasteiger partial charge < -0.3 is 13.9 Å². The lowest BCUT2D eigenvalue weighted by Crippen LogP contribution is -2.36. The minimum atomic E-state index is -4.49. The van der Waals surface area contributed by atoms with E-state index in [2.05, 4.69) is 6.58 Å². The molecule has 0 aliphatic rings. The zero-order valence-corrected chi connectivity index (χ0v) is 19.8. The Morgan fingerprint density at radius 2 is 1.77 bits per heavy atom. The molecule has 1 heterocycles. The third-order valence-electron chi connectivity index (χ3n) is 5.51. The molecule has 3 aromatic rings. The van der Waals surface area contributed by atoms with Crippen LogP contribution in [-0.2, 0) is 16.0 Å². The lowest BCUT2D eigenvalue weighted by Gasteiger charge is -2.30. The van der Waals surface area contributed by atoms with E-state index in [1.54, 1.807) is 18.2 Å². The Labute approximate surface area is 201 Å². The molecule has 1 aromatic heterocycles. The standard InChI is InChI=1S/C27H27F3O5/c1-5-18-8-6-7-9-21(18)22-12-19-10-11-20(13-23(19)35-25(22)32)33-15-26(4,14-27(28,29)30)16-34-24(31)17(2)3/h6-13H,2,5,14-16H2,1,3-4H3. The maximum Gasteiger partial charge on any atom is 0.389 e. The maximum atomic E-state index is 13.2. The van der Waals surface area contributed by atoms with Gasteiger partial charge in [0, 0.05) is 22.4 Å². The van der Waals surface area contributed by atoms with Crippen LogP contribution >= 0.6 is 0 Å². The van der Waals surface area contributed by atoms with Crippen molar-refractivity contribution < 1.29 is 31.9 Å². The second-order valence-corrected chi connectivity index (χ2v) is 8.91. The number of carbonyl (C=O) groups is 1. The summed E-state index contributed by atoms with van der Waals surface area (Å²) in [6.07, 6.45) is -4.96. The Kier molecular flexibility index (Phi) is 7.73. The van der Waals surface area contributed by atoms with Crippen LogP contribution in [0.15, 0.2) is 69.9 Å². The van der Waals surface area contributed by atoms with Gasteiger partial charge in [-0.2, -0.15) is 13.2 Å². The molecular weight excluding hydrogens is 461 g/mol. The van der Waals surface area contributed by atoms with E-state index in [0.717, 1.165) is 17.5 Å². The summed E-state index contributed by atoms with van der Waals surface area (Å²) in [5, 5.41) is 0.645. The molecule has 8 heteroatoms. The molecule has 0 N–H and O–H groups in total. The highest BCUT2D eigenvalue weighted by molar-refractivity contribution is 5.87. The third kappa shape index (κ3) is 6.74. The van der Waals surface area contributed by atoms with Gasteiger partial charge in [0.1, 0.15) is 17.9 Å². The van der Waals surface area contributed by atoms with Gasteiger partial charge in [-0.25, -0.2) is 9.59 Å². The second-order valence-electron chi connectivity index (χ2n) is 8.91. The van der Waals surface area contributed by atoms with E-state index < -0.39 is 36.2 Å². The van der Waals surface area contributed by atoms with E-state index >= 15 is 0 Å². The molecule has 0 aliphatic heterocycles. The molecule has 0 spiro atoms. The van der Waals surface area contributed by atoms with Gasteiger partial charge >= 0.3 is 17.8 Å². The lowest BCUT2D eigenvalue weighted by atomic mass is 9.88. The third-order valence-corrected chi connectivity index (χ3v) is 5.51. The van der Waals surface area contributed by atoms with Crippen LogP contribution in [0.2, 0.25) is 0 Å². The molecule has 0 amide bonds. The van der Waals surface area contributed by atoms with Gasteiger partial charge in [-0.3, -0.25) is 0 Å². The highest BCUT2D eigenvalue weighted by atomic mass is 19.4. The average Bonchev–Trinajstić information content (AvgIpc) is 2.79. The number of carbonyl (C=O) groups excluding carboxylic acids is 1. The number of benzene rings is 2. The van der Waals surface area contributed by atoms with Crippen LogP contribution in [0.5, 0.6) is 5.75 Å². The summed E-state index contributed by atoms with van der Waals surface area (Å²) >= 11 is 0. The summed E-state index contributed by atoms with van der Waals surface area (Å²) in [6, 6.07) is 14.0. The van der Waals surface area contributed by atoms with Crippen molar-refractivity contribution in [2.24, 2.45) is 5.41 Å². The molecular formula is C27H27F3O5. The van der Waals surface area contributed by atoms with Gasteiger partial charge in [-0.05, 0) is 42.7 Å². The molecule has 1 atom stereocenters. The van der Waals surface area contributed by atoms with E-state index in [9.17, 15) is 22.8 Å². The zero-order valence-electron chi connectivity index (χ0n) is 19.8. The van der Waals surface area contributed by atoms with Crippen LogP contribution in [0, 0.1) is 5.41 Å². The molecule has 3 rings (SSSR count). The van der Waals surface area contributed by atoms with Gasteiger partial charge in [0.15, 0.2) is 0 Å². The van der Waals surface area contributed by atoms with Crippen LogP contribution in [0.25, 0.3) is 22.1 Å². The Hall–Kier alpha value is -3.55. The minimum absolute atomic E-state index is 0.0887. The van der Waals surface area contributed by atoms with Crippen molar-refractivity contribution in [3.63, 3.8) is 0 Å². The summed E-state index contributed by atoms with van der Waals surface area (Å²) in [5.41, 5.74) is 0.507. The Balaban J connectivity index is 1.84. The molecule has 0 saturated carbocycles. The summed E-state index contributed by atoms with van der Waals surface area (Å²) < 4.78 is 55.7. The van der Waals surface area contributed by atoms with Crippen molar-refractivity contribution in [2.75, 3.05) is 13.2 Å². The molecule has 2 aromatic carbocycles. The average molecular weight is 489 g/mol. The first-order valence-corrected chi connectivity index (χ1v) is 11.1. The van der Waals surface area contributed by atoms with E-state index in [1.807, 2.05) is 31.2 Å². The predicted octanol–water partition coefficient (Wildman–Crippen LogP) is 6.48. The first kappa shape index (κ1) is 26.1. The Morgan fingerprint density at radius 1 is 1.06 bits per heavy atom. The molecule has 186 valence electrons. The van der Waals surface area contributed by atoms with Crippen molar-refractivity contribution in [2.45, 2.75) is 39.8 Å². The number of hydrogen-bond donors (Lipinski definition) is 0. The van der Waals surface area contributed by atoms with Gasteiger partial charge in [0.25, 0.3) is 0 Å². The van der Waals surface area contributed by atoms with Crippen LogP contribution in [0.3, 0.4) is 0 Å². The van der Waals surface area contributed by atoms with Crippen molar-refractivity contribution in [3.05, 3.63) is 76.7 Å². The fourth-order valence-corrected chi connectivity index (χ4v) is 3.71. The maximum absolute atomic E-state index is 13.2. The number of esters is 1. The smallest absolute Gasteiger partial charge is 0.389 e. The van der Waals surface area contributed by atoms with Crippen LogP contribution in [0.4, 0.5) is 13.2 Å². The highest BCUT2D eigenvalue weighted by Crippen LogP contribution is 2.35. The van der Waals surface area contributed by atoms with Crippen molar-refractivity contribution in [3.8, 4) is 16.9 Å². The van der Waals surface area contributed by atoms with E-state index in [0.29, 0.717) is 10.9 Å². The van der Waals surface area contributed by atoms with Crippen LogP contribution in [0.1, 0.15) is 32.8 Å². The number of fused-ring (bicyclic) bond motifs is 1. The topological polar surface area (TPSA) is 65.7 Å². The number of alkyl halides is 3. The molecule has 0 radical (unpaired) electrons. The summed E-state index contributed by atoms with van der Waals surface area (Å²) in [7, 11) is 0. The largest absolute Gasteiger partial charge is 0.493 e. The van der Waals surface area contributed by atoms with E-state index in [-0.39, 0.29) is 23.5 Å². The number of ether oxygens (including phenoxy) is 2. The van der Waals surface area contributed by atoms with E-state index in [1.165, 1.54) is 19.9 Å². The monoisotopic (exact) mass is 488 g/mol. The highest BCUT2D eigenvalue weighted by Gasteiger charge is 2.41. The summed E-state index contributed by atoms with van der Waals surface area (Å²) in [6.45, 7) is 7.28. The summed E-state index contributed by atoms with van der Waals surface area (Å²) in [4.78, 5) is 24.4. The van der Waals surface area contributed by atoms with Gasteiger partial charge in [0.05, 0.1) is 18.6 Å². The Morgan fingerprint density at radius 3 is 2.43 bits per heavy atom. The number of rotatable bonds is 9. The quantitative estimate of drug-likeness (QED) is 0.196. The Bertz CT molecular complexity index is 1290. The molecule has 0 saturated heterocycles. The van der Waals surface area contributed by atoms with Crippen molar-refractivity contribution >= 4 is 16.9 Å². The minimum Gasteiger partial charge on any atom is -0.493 e. The van der Waals surface area contributed by atoms with E-state index in [4.69, 9.17) is 13.9 Å². The molecule has 5 nitrogen and oxygen atoms in total. The molecule has 0 fully saturated rings. The fraction of sp³-hybridized carbons (Fsp3) is 0.333. The molecule has 0 aliphatic carbocycles. The van der Waals surface area contributed by atoms with Gasteiger partial charge in [0.2, 0.25) is 0 Å². The predicted molar refractivity (Wildman–Crippen MR) is 127 cm³/mol. The first-order chi connectivity index (χ1) is 16.4. The van der Waals surface area contributed by atoms with Crippen molar-refractivity contribution in [1.29, 1.82) is 0 Å². The molecule has 0 bridgehead atoms. The van der Waals surface area contributed by atoms with Gasteiger partial charge in [-0.15, -0.1) is 0 Å². The first-order valence-electron chi connectivity index (χ1n) is 11.1. The number of halogens is 3. The van der Waals surface area contributed by atoms with Crippen LogP contribution in [-0.4, -0.2) is 25.4 Å². The zero-order chi connectivity index (χ0) is 25.8. The molecule has 1 unspecified atom stereocenters. The molecule has 35 heavy (non-hydrogen) atoms. The lowest BCUT2D eigenvalue weighted by molar-refractivity contribution is -0.173. The van der Waals surface area contributed by atoms with Crippen molar-refractivity contribution in [1.82, 2.24) is 0 Å². The number of hydrogen-bond acceptors (Lipinski definition) is 5. The normalized spacial score (nSPS) is 13.3. The van der Waals surface area contributed by atoms with Crippen LogP contribution < -0.4 is 10.4 Å².